The number of aromatic nitrogens is 4. The van der Waals surface area contributed by atoms with Crippen LogP contribution in [-0.4, -0.2) is 43.9 Å². The van der Waals surface area contributed by atoms with Gasteiger partial charge in [-0.3, -0.25) is 9.48 Å². The van der Waals surface area contributed by atoms with Crippen LogP contribution in [0.1, 0.15) is 24.7 Å². The van der Waals surface area contributed by atoms with Crippen molar-refractivity contribution in [2.24, 2.45) is 0 Å². The average Bonchev–Trinajstić information content (AvgIpc) is 3.63. The second kappa shape index (κ2) is 10.4. The van der Waals surface area contributed by atoms with Crippen molar-refractivity contribution in [1.82, 2.24) is 24.9 Å². The van der Waals surface area contributed by atoms with Crippen LogP contribution in [0.3, 0.4) is 0 Å². The molecule has 1 aliphatic rings. The summed E-state index contributed by atoms with van der Waals surface area (Å²) in [6.07, 6.45) is 1.47. The van der Waals surface area contributed by atoms with Gasteiger partial charge in [0.1, 0.15) is 12.4 Å². The predicted octanol–water partition coefficient (Wildman–Crippen LogP) is 5.81. The lowest BCUT2D eigenvalue weighted by molar-refractivity contribution is -0.133. The van der Waals surface area contributed by atoms with E-state index < -0.39 is 0 Å². The van der Waals surface area contributed by atoms with Crippen LogP contribution in [0.5, 0.6) is 0 Å². The van der Waals surface area contributed by atoms with Gasteiger partial charge in [-0.1, -0.05) is 60.7 Å². The molecule has 1 aliphatic heterocycles. The molecular formula is C30H26FN5O2. The number of carbonyl (C=O) groups is 1. The van der Waals surface area contributed by atoms with Crippen LogP contribution in [0.25, 0.3) is 34.0 Å². The Kier molecular flexibility index (Phi) is 6.52. The zero-order valence-electron chi connectivity index (χ0n) is 20.7. The molecule has 0 spiro atoms. The van der Waals surface area contributed by atoms with E-state index in [9.17, 15) is 9.18 Å². The number of nitrogens with zero attached hydrogens (tertiary/aromatic N) is 5. The van der Waals surface area contributed by atoms with E-state index in [1.54, 1.807) is 16.8 Å². The summed E-state index contributed by atoms with van der Waals surface area (Å²) in [5.41, 5.74) is 4.45. The van der Waals surface area contributed by atoms with Crippen molar-refractivity contribution in [2.75, 3.05) is 13.1 Å². The van der Waals surface area contributed by atoms with Gasteiger partial charge in [0.05, 0.1) is 11.4 Å². The average molecular weight is 508 g/mol. The molecule has 1 fully saturated rings. The number of benzene rings is 3. The van der Waals surface area contributed by atoms with Gasteiger partial charge in [-0.15, -0.1) is 10.2 Å². The maximum absolute atomic E-state index is 13.3. The highest BCUT2D eigenvalue weighted by molar-refractivity contribution is 5.78. The Bertz CT molecular complexity index is 1520. The molecule has 3 heterocycles. The van der Waals surface area contributed by atoms with E-state index in [1.807, 2.05) is 71.6 Å². The molecule has 7 nitrogen and oxygen atoms in total. The van der Waals surface area contributed by atoms with Crippen molar-refractivity contribution in [2.45, 2.75) is 25.3 Å². The minimum absolute atomic E-state index is 0.0286. The lowest BCUT2D eigenvalue weighted by Crippen LogP contribution is -2.40. The van der Waals surface area contributed by atoms with E-state index in [4.69, 9.17) is 9.52 Å². The van der Waals surface area contributed by atoms with Gasteiger partial charge >= 0.3 is 0 Å². The summed E-state index contributed by atoms with van der Waals surface area (Å²) in [4.78, 5) is 15.2. The Morgan fingerprint density at radius 2 is 1.50 bits per heavy atom. The molecule has 1 saturated heterocycles. The number of halogens is 1. The molecule has 8 heteroatoms. The predicted molar refractivity (Wildman–Crippen MR) is 141 cm³/mol. The maximum Gasteiger partial charge on any atom is 0.247 e. The van der Waals surface area contributed by atoms with Crippen molar-refractivity contribution in [3.8, 4) is 34.0 Å². The van der Waals surface area contributed by atoms with Crippen molar-refractivity contribution >= 4 is 5.91 Å². The Morgan fingerprint density at radius 1 is 0.842 bits per heavy atom. The van der Waals surface area contributed by atoms with Crippen LogP contribution >= 0.6 is 0 Å². The lowest BCUT2D eigenvalue weighted by atomic mass is 9.97. The van der Waals surface area contributed by atoms with Gasteiger partial charge < -0.3 is 9.32 Å². The highest BCUT2D eigenvalue weighted by Crippen LogP contribution is 2.30. The first-order valence-corrected chi connectivity index (χ1v) is 12.7. The van der Waals surface area contributed by atoms with E-state index in [-0.39, 0.29) is 24.2 Å². The van der Waals surface area contributed by atoms with Crippen LogP contribution < -0.4 is 0 Å². The third kappa shape index (κ3) is 4.98. The van der Waals surface area contributed by atoms with Crippen molar-refractivity contribution in [1.29, 1.82) is 0 Å². The lowest BCUT2D eigenvalue weighted by Gasteiger charge is -2.30. The van der Waals surface area contributed by atoms with E-state index in [0.29, 0.717) is 30.4 Å². The molecule has 38 heavy (non-hydrogen) atoms. The molecule has 0 bridgehead atoms. The molecule has 0 unspecified atom stereocenters. The van der Waals surface area contributed by atoms with Crippen LogP contribution in [0.4, 0.5) is 4.39 Å². The smallest absolute Gasteiger partial charge is 0.247 e. The summed E-state index contributed by atoms with van der Waals surface area (Å²) in [6, 6.07) is 28.0. The molecule has 3 aromatic carbocycles. The van der Waals surface area contributed by atoms with Gasteiger partial charge in [-0.05, 0) is 48.7 Å². The van der Waals surface area contributed by atoms with E-state index >= 15 is 0 Å². The second-order valence-electron chi connectivity index (χ2n) is 9.41. The second-order valence-corrected chi connectivity index (χ2v) is 9.41. The first-order chi connectivity index (χ1) is 18.6. The van der Waals surface area contributed by atoms with Crippen molar-refractivity contribution in [3.63, 3.8) is 0 Å². The zero-order valence-corrected chi connectivity index (χ0v) is 20.7. The molecule has 0 N–H and O–H groups in total. The summed E-state index contributed by atoms with van der Waals surface area (Å²) in [5.74, 6) is 0.728. The normalized spacial score (nSPS) is 14.1. The summed E-state index contributed by atoms with van der Waals surface area (Å²) in [7, 11) is 0. The number of rotatable bonds is 6. The number of piperidine rings is 1. The summed E-state index contributed by atoms with van der Waals surface area (Å²) < 4.78 is 20.9. The molecule has 0 radical (unpaired) electrons. The molecule has 0 atom stereocenters. The van der Waals surface area contributed by atoms with Gasteiger partial charge in [0, 0.05) is 30.1 Å². The fourth-order valence-corrected chi connectivity index (χ4v) is 4.84. The topological polar surface area (TPSA) is 77.1 Å². The molecule has 1 amide bonds. The summed E-state index contributed by atoms with van der Waals surface area (Å²) in [6.45, 7) is 1.37. The number of likely N-dealkylation sites (tertiary alicyclic amines) is 1. The minimum atomic E-state index is -0.312. The zero-order chi connectivity index (χ0) is 25.9. The highest BCUT2D eigenvalue weighted by Gasteiger charge is 2.28. The Balaban J connectivity index is 1.14. The Hall–Kier alpha value is -4.59. The number of hydrogen-bond donors (Lipinski definition) is 0. The summed E-state index contributed by atoms with van der Waals surface area (Å²) >= 11 is 0. The van der Waals surface area contributed by atoms with Crippen molar-refractivity contribution < 1.29 is 13.6 Å². The van der Waals surface area contributed by atoms with Gasteiger partial charge in [-0.25, -0.2) is 4.39 Å². The van der Waals surface area contributed by atoms with Gasteiger partial charge in [0.2, 0.25) is 17.7 Å². The van der Waals surface area contributed by atoms with Crippen molar-refractivity contribution in [3.05, 3.63) is 103 Å². The Morgan fingerprint density at radius 3 is 2.18 bits per heavy atom. The van der Waals surface area contributed by atoms with Crippen LogP contribution in [0.2, 0.25) is 0 Å². The van der Waals surface area contributed by atoms with Crippen LogP contribution in [-0.2, 0) is 11.3 Å². The molecular weight excluding hydrogens is 481 g/mol. The highest BCUT2D eigenvalue weighted by atomic mass is 19.1. The largest absolute Gasteiger partial charge is 0.420 e. The number of amides is 1. The van der Waals surface area contributed by atoms with E-state index in [2.05, 4.69) is 10.2 Å². The van der Waals surface area contributed by atoms with Gasteiger partial charge in [0.25, 0.3) is 0 Å². The van der Waals surface area contributed by atoms with E-state index in [1.165, 1.54) is 12.1 Å². The van der Waals surface area contributed by atoms with Gasteiger partial charge in [0.15, 0.2) is 0 Å². The number of carbonyl (C=O) groups excluding carboxylic acids is 1. The molecule has 2 aromatic heterocycles. The first kappa shape index (κ1) is 23.8. The molecule has 0 aliphatic carbocycles. The number of hydrogen-bond acceptors (Lipinski definition) is 5. The maximum atomic E-state index is 13.3. The molecule has 5 aromatic rings. The third-order valence-corrected chi connectivity index (χ3v) is 6.93. The Labute approximate surface area is 219 Å². The van der Waals surface area contributed by atoms with Crippen LogP contribution in [0, 0.1) is 5.82 Å². The molecule has 0 saturated carbocycles. The SMILES string of the molecule is O=C(Cn1nc(-c2ccccc2)cc1-c1ccccc1)N1CCC(c2nnc(-c3ccc(F)cc3)o2)CC1. The standard InChI is InChI=1S/C30H26FN5O2/c31-25-13-11-23(12-14-25)29-32-33-30(38-29)24-15-17-35(18-16-24)28(37)20-36-27(22-9-5-2-6-10-22)19-26(34-36)21-7-3-1-4-8-21/h1-14,19,24H,15-18,20H2. The minimum Gasteiger partial charge on any atom is -0.420 e. The first-order valence-electron chi connectivity index (χ1n) is 12.7. The van der Waals surface area contributed by atoms with Gasteiger partial charge in [-0.2, -0.15) is 5.10 Å². The van der Waals surface area contributed by atoms with E-state index in [0.717, 1.165) is 35.4 Å². The molecule has 190 valence electrons. The third-order valence-electron chi connectivity index (χ3n) is 6.93. The fraction of sp³-hybridized carbons (Fsp3) is 0.200. The summed E-state index contributed by atoms with van der Waals surface area (Å²) in [5, 5.41) is 13.2. The molecule has 6 rings (SSSR count). The quantitative estimate of drug-likeness (QED) is 0.290. The van der Waals surface area contributed by atoms with Crippen LogP contribution in [0.15, 0.2) is 95.4 Å². The monoisotopic (exact) mass is 507 g/mol. The fourth-order valence-electron chi connectivity index (χ4n) is 4.84.